The first kappa shape index (κ1) is 91.8. The highest BCUT2D eigenvalue weighted by molar-refractivity contribution is 8.26. The quantitative estimate of drug-likeness (QED) is 0.0424. The van der Waals surface area contributed by atoms with E-state index in [4.69, 9.17) is 35.0 Å². The van der Waals surface area contributed by atoms with Crippen LogP contribution in [0.5, 0.6) is 11.5 Å². The summed E-state index contributed by atoms with van der Waals surface area (Å²) in [5, 5.41) is 112. The molecule has 0 unspecified atom stereocenters. The molecule has 6 heterocycles. The molecule has 9 amide bonds. The Bertz CT molecular complexity index is 4140. The average molecular weight is 1680 g/mol. The molecule has 40 heteroatoms. The lowest BCUT2D eigenvalue weighted by Crippen LogP contribution is -2.64. The first-order valence-electron chi connectivity index (χ1n) is 39.5. The summed E-state index contributed by atoms with van der Waals surface area (Å²) in [6.07, 6.45) is -4.11. The first-order valence-corrected chi connectivity index (χ1v) is 41.7. The van der Waals surface area contributed by atoms with E-state index in [0.717, 1.165) is 106 Å². The smallest absolute Gasteiger partial charge is 0.446 e. The van der Waals surface area contributed by atoms with Crippen LogP contribution in [0.2, 0.25) is 0 Å². The fourth-order valence-corrected chi connectivity index (χ4v) is 16.1. The minimum absolute atomic E-state index is 0.0542. The Kier molecular flexibility index (Phi) is 31.4. The second kappa shape index (κ2) is 40.1. The van der Waals surface area contributed by atoms with Crippen molar-refractivity contribution in [3.8, 4) is 22.6 Å². The molecule has 646 valence electrons. The number of phenolic OH excluding ortho intramolecular Hbond substituents is 1. The summed E-state index contributed by atoms with van der Waals surface area (Å²) in [5.74, 6) is -11.3. The number of aromatic nitrogens is 2. The zero-order chi connectivity index (χ0) is 85.7. The number of β-amino-alcohol motifs (C(OH)–C–C–N with tert-alkyl or cyclic N) is 1. The zero-order valence-corrected chi connectivity index (χ0v) is 68.9. The van der Waals surface area contributed by atoms with Gasteiger partial charge in [0, 0.05) is 121 Å². The molecule has 1 aliphatic carbocycles. The molecule has 6 fully saturated rings. The van der Waals surface area contributed by atoms with Crippen LogP contribution in [0.4, 0.5) is 15.5 Å². The number of benzene rings is 2. The molecule has 5 saturated heterocycles. The molecule has 9 rings (SSSR count). The molecule has 5 aliphatic heterocycles. The summed E-state index contributed by atoms with van der Waals surface area (Å²) < 4.78 is 55.2. The fourth-order valence-electron chi connectivity index (χ4n) is 15.0. The highest BCUT2D eigenvalue weighted by Gasteiger charge is 2.51. The van der Waals surface area contributed by atoms with Gasteiger partial charge in [0.2, 0.25) is 47.3 Å². The molecule has 0 bridgehead atoms. The maximum Gasteiger partial charge on any atom is 0.446 e. The molecule has 1 aromatic heterocycles. The number of likely N-dealkylation sites (N-methyl/N-ethyl adjacent to an activating group) is 1. The molecule has 2 aromatic carbocycles. The van der Waals surface area contributed by atoms with Crippen molar-refractivity contribution in [3.63, 3.8) is 0 Å². The van der Waals surface area contributed by atoms with Crippen molar-refractivity contribution in [1.82, 2.24) is 61.1 Å². The molecule has 117 heavy (non-hydrogen) atoms. The Balaban J connectivity index is 0.961. The fraction of sp³-hybridized carbons (Fsp3) is 0.649. The highest BCUT2D eigenvalue weighted by atomic mass is 32.3. The summed E-state index contributed by atoms with van der Waals surface area (Å²) in [6, 6.07) is -2.36. The summed E-state index contributed by atoms with van der Waals surface area (Å²) in [4.78, 5) is 149. The van der Waals surface area contributed by atoms with Crippen LogP contribution in [0.3, 0.4) is 0 Å². The number of fused-ring (bicyclic) bond motifs is 2. The number of aliphatic hydroxyl groups is 6. The molecule has 15 N–H and O–H groups in total. The maximum absolute atomic E-state index is 15.4. The van der Waals surface area contributed by atoms with Crippen LogP contribution in [-0.2, 0) is 64.6 Å². The van der Waals surface area contributed by atoms with E-state index in [-0.39, 0.29) is 67.4 Å². The molecule has 38 nitrogen and oxygen atoms in total. The Morgan fingerprint density at radius 1 is 0.718 bits per heavy atom. The van der Waals surface area contributed by atoms with E-state index >= 15 is 19.2 Å². The minimum Gasteiger partial charge on any atom is -0.504 e. The van der Waals surface area contributed by atoms with Crippen LogP contribution in [0.25, 0.3) is 11.1 Å². The van der Waals surface area contributed by atoms with E-state index in [1.807, 2.05) is 12.1 Å². The topological polar surface area (TPSA) is 540 Å². The van der Waals surface area contributed by atoms with Gasteiger partial charge < -0.3 is 105 Å². The number of nitrogens with zero attached hydrogens (tertiary/aromatic N) is 8. The zero-order valence-electron chi connectivity index (χ0n) is 67.3. The van der Waals surface area contributed by atoms with Gasteiger partial charge in [-0.25, -0.2) is 19.6 Å². The van der Waals surface area contributed by atoms with Crippen molar-refractivity contribution in [2.45, 2.75) is 235 Å². The number of aliphatic hydroxyl groups excluding tert-OH is 6. The number of aromatic hydroxyl groups is 1. The number of carbonyl (C=O) groups excluding carboxylic acids is 9. The van der Waals surface area contributed by atoms with Gasteiger partial charge in [-0.1, -0.05) is 56.5 Å². The lowest BCUT2D eigenvalue weighted by molar-refractivity contribution is -0.147. The van der Waals surface area contributed by atoms with Gasteiger partial charge in [-0.2, -0.15) is 8.42 Å². The van der Waals surface area contributed by atoms with Gasteiger partial charge in [0.15, 0.2) is 16.7 Å². The predicted octanol–water partition coefficient (Wildman–Crippen LogP) is 0.883. The molecule has 13 atom stereocenters. The third-order valence-electron chi connectivity index (χ3n) is 21.3. The minimum atomic E-state index is -5.30. The molecule has 0 radical (unpaired) electrons. The SMILES string of the molecule is C[C@@H](O)[C@@H]1NC(=O)[C@@H](N(CC2CCN(C(=N)SC(=N)c3ccc(-c4cnc(N5CCC(OC6CCCCC6)CC5)nc4)cc3)CC2)C(=O)OC(C)(C)C)C[C@@H](O)CNC(=O)[C@@H]2[C@@H](O)[C@@H](C)CN2C(=O)[C@H]([C@H](O)CC(=O)NCCN(C)C(=O)OC(C)(C)C)NC(=O)[C@H]([C@H](O)Cc2ccc(O)c(OS(=O)(=O)O)c2)NC(=O)[C@@H]2C[C@@H](O)CN2C1=O. The molecule has 6 aliphatic rings. The van der Waals surface area contributed by atoms with E-state index in [2.05, 4.69) is 35.7 Å². The van der Waals surface area contributed by atoms with Crippen LogP contribution in [-0.4, -0.2) is 316 Å². The van der Waals surface area contributed by atoms with Crippen LogP contribution in [0.15, 0.2) is 54.9 Å². The van der Waals surface area contributed by atoms with Crippen molar-refractivity contribution in [2.75, 3.05) is 77.4 Å². The Labute approximate surface area is 683 Å². The molecular weight excluding hydrogens is 1570 g/mol. The number of ether oxygens (including phenoxy) is 3. The second-order valence-electron chi connectivity index (χ2n) is 33.0. The van der Waals surface area contributed by atoms with E-state index < -0.39 is 217 Å². The molecular formula is C77H113N15O23S2. The number of rotatable bonds is 20. The number of hydrogen-bond donors (Lipinski definition) is 15. The number of phenols is 1. The number of hydrogen-bond acceptors (Lipinski definition) is 28. The van der Waals surface area contributed by atoms with Gasteiger partial charge in [0.1, 0.15) is 52.5 Å². The summed E-state index contributed by atoms with van der Waals surface area (Å²) >= 11 is 0.930. The lowest BCUT2D eigenvalue weighted by Gasteiger charge is -2.39. The monoisotopic (exact) mass is 1680 g/mol. The van der Waals surface area contributed by atoms with Gasteiger partial charge in [-0.3, -0.25) is 53.8 Å². The number of nitrogens with one attached hydrogen (secondary N) is 7. The van der Waals surface area contributed by atoms with Crippen molar-refractivity contribution in [1.29, 1.82) is 10.8 Å². The van der Waals surface area contributed by atoms with Crippen LogP contribution < -0.4 is 35.7 Å². The third-order valence-corrected chi connectivity index (χ3v) is 22.6. The molecule has 0 spiro atoms. The lowest BCUT2D eigenvalue weighted by atomic mass is 9.95. The molecule has 1 saturated carbocycles. The van der Waals surface area contributed by atoms with Gasteiger partial charge >= 0.3 is 22.6 Å². The van der Waals surface area contributed by atoms with Crippen LogP contribution in [0, 0.1) is 22.7 Å². The average Bonchev–Trinajstić information content (AvgIpc) is 1.64. The Morgan fingerprint density at radius 3 is 1.95 bits per heavy atom. The third kappa shape index (κ3) is 25.7. The number of anilines is 1. The van der Waals surface area contributed by atoms with Gasteiger partial charge in [0.05, 0.1) is 55.3 Å². The van der Waals surface area contributed by atoms with Gasteiger partial charge in [0.25, 0.3) is 0 Å². The van der Waals surface area contributed by atoms with Crippen LogP contribution in [0.1, 0.15) is 144 Å². The van der Waals surface area contributed by atoms with E-state index in [1.165, 1.54) is 33.2 Å². The number of piperidine rings is 2. The van der Waals surface area contributed by atoms with Gasteiger partial charge in [-0.15, -0.1) is 0 Å². The Morgan fingerprint density at radius 2 is 1.32 bits per heavy atom. The van der Waals surface area contributed by atoms with Crippen molar-refractivity contribution in [3.05, 3.63) is 66.0 Å². The number of likely N-dealkylation sites (tertiary alicyclic amines) is 1. The van der Waals surface area contributed by atoms with E-state index in [9.17, 15) is 72.7 Å². The van der Waals surface area contributed by atoms with E-state index in [1.54, 1.807) is 71.0 Å². The van der Waals surface area contributed by atoms with Crippen molar-refractivity contribution < 1.29 is 110 Å². The largest absolute Gasteiger partial charge is 0.504 e. The summed E-state index contributed by atoms with van der Waals surface area (Å²) in [5.41, 5.74) is -0.133. The number of amidine groups is 1. The van der Waals surface area contributed by atoms with E-state index in [0.29, 0.717) is 17.6 Å². The summed E-state index contributed by atoms with van der Waals surface area (Å²) in [6.45, 7) is 11.5. The van der Waals surface area contributed by atoms with Gasteiger partial charge in [-0.05, 0) is 128 Å². The number of thioether (sulfide) groups is 1. The van der Waals surface area contributed by atoms with Crippen molar-refractivity contribution in [2.24, 2.45) is 11.8 Å². The highest BCUT2D eigenvalue weighted by Crippen LogP contribution is 2.34. The first-order chi connectivity index (χ1) is 55.0. The second-order valence-corrected chi connectivity index (χ2v) is 35.0. The number of carbonyl (C=O) groups is 9. The summed E-state index contributed by atoms with van der Waals surface area (Å²) in [7, 11) is -3.92. The number of amides is 9. The maximum atomic E-state index is 15.4. The standard InChI is InChI=1S/C77H113N15O23S2/c1-42-39-92-63(64(42)100)69(104)81-38-49(94)33-54(91(75(108)114-77(6,7)8)40-44-21-26-88(27-22-44)72(79)116-65(78)47-18-16-46(17-19-47)48-36-82-73(83-37-48)89-28-23-52(24-29-89)112-51-13-11-10-12-14-51)67(102)84-60(43(2)93)70(105)90-41-50(95)34-53(90)66(101)85-61(56(97)31-45-15-20-55(96)58(32-45)115-117(109,110)111)68(103)86-62(71(92)106)57(98)35-59(99)80-25-30-87(9)74(107)113-76(3,4)5/h15-20,32,36-37,42-44,49-54,56-57,60-64,78-79,93-98,100H,10-14,21-31,33-35,38-41H2,1-9H3,(H,80,99)(H,81,104)(H,84,102)(H,85,101)(H,86,103)(H,109,110,111)/t42-,43+,49+,50+,53-,54-,56+,57+,60-,61-,62-,63-,64-/m0/s1. The normalized spacial score (nSPS) is 25.1. The molecule has 3 aromatic rings. The van der Waals surface area contributed by atoms with Crippen LogP contribution >= 0.6 is 11.8 Å². The van der Waals surface area contributed by atoms with Crippen molar-refractivity contribution >= 4 is 91.9 Å². The predicted molar refractivity (Wildman–Crippen MR) is 424 cm³/mol. The Hall–Kier alpha value is -9.13.